The minimum absolute atomic E-state index is 0.856. The lowest BCUT2D eigenvalue weighted by molar-refractivity contribution is 0.737. The molecule has 0 aliphatic carbocycles. The molecule has 1 heterocycles. The summed E-state index contributed by atoms with van der Waals surface area (Å²) < 4.78 is 8.48. The van der Waals surface area contributed by atoms with Crippen LogP contribution in [0.4, 0.5) is 0 Å². The van der Waals surface area contributed by atoms with Crippen LogP contribution in [0.5, 0.6) is 0 Å². The zero-order chi connectivity index (χ0) is 9.80. The Bertz CT molecular complexity index is 415. The third-order valence-electron chi connectivity index (χ3n) is 1.96. The number of hydrogen-bond donors (Lipinski definition) is 1. The van der Waals surface area contributed by atoms with E-state index in [1.54, 1.807) is 0 Å². The molecule has 0 unspecified atom stereocenters. The Labute approximate surface area is 95.0 Å². The summed E-state index contributed by atoms with van der Waals surface area (Å²) in [4.78, 5) is 0. The van der Waals surface area contributed by atoms with Crippen molar-refractivity contribution in [1.82, 2.24) is 14.1 Å². The highest BCUT2D eigenvalue weighted by Crippen LogP contribution is 2.15. The molecule has 2 aromatic rings. The van der Waals surface area contributed by atoms with Crippen LogP contribution in [0.3, 0.4) is 0 Å². The van der Waals surface area contributed by atoms with Crippen molar-refractivity contribution in [3.8, 4) is 0 Å². The zero-order valence-electron chi connectivity index (χ0n) is 7.53. The van der Waals surface area contributed by atoms with Gasteiger partial charge in [-0.3, -0.25) is 0 Å². The van der Waals surface area contributed by atoms with E-state index in [-0.39, 0.29) is 0 Å². The van der Waals surface area contributed by atoms with Crippen molar-refractivity contribution >= 4 is 38.7 Å². The Morgan fingerprint density at radius 1 is 1.36 bits per heavy atom. The average Bonchev–Trinajstić information content (AvgIpc) is 2.67. The van der Waals surface area contributed by atoms with E-state index in [0.29, 0.717) is 0 Å². The first-order chi connectivity index (χ1) is 6.92. The minimum Gasteiger partial charge on any atom is -0.312 e. The Balaban J connectivity index is 2.19. The Morgan fingerprint density at radius 2 is 2.29 bits per heavy atom. The summed E-state index contributed by atoms with van der Waals surface area (Å²) in [6, 6.07) is 6.10. The molecule has 0 saturated heterocycles. The number of hydrogen-bond acceptors (Lipinski definition) is 4. The monoisotopic (exact) mass is 271 g/mol. The molecule has 1 aromatic heterocycles. The van der Waals surface area contributed by atoms with Gasteiger partial charge in [0.05, 0.1) is 11.7 Å². The third kappa shape index (κ3) is 2.10. The van der Waals surface area contributed by atoms with Crippen LogP contribution in [0.15, 0.2) is 18.2 Å². The van der Waals surface area contributed by atoms with E-state index in [4.69, 9.17) is 0 Å². The molecule has 1 N–H and O–H groups in total. The molecule has 14 heavy (non-hydrogen) atoms. The normalized spacial score (nSPS) is 10.9. The number of nitrogens with one attached hydrogen (secondary N) is 1. The Hall–Kier alpha value is -0.520. The second-order valence-electron chi connectivity index (χ2n) is 2.91. The molecule has 2 rings (SSSR count). The summed E-state index contributed by atoms with van der Waals surface area (Å²) in [5.74, 6) is 0. The van der Waals surface area contributed by atoms with Crippen LogP contribution in [0, 0.1) is 0 Å². The SMILES string of the molecule is BrCCNCc1cccc2nsnc12. The molecule has 0 spiro atoms. The molecule has 0 radical (unpaired) electrons. The van der Waals surface area contributed by atoms with Crippen LogP contribution in [0.1, 0.15) is 5.56 Å². The number of nitrogens with zero attached hydrogens (tertiary/aromatic N) is 2. The van der Waals surface area contributed by atoms with Gasteiger partial charge in [-0.1, -0.05) is 28.1 Å². The molecule has 0 saturated carbocycles. The predicted molar refractivity (Wildman–Crippen MR) is 62.9 cm³/mol. The molecular formula is C9H10BrN3S. The maximum Gasteiger partial charge on any atom is 0.109 e. The van der Waals surface area contributed by atoms with Crippen LogP contribution >= 0.6 is 27.7 Å². The maximum absolute atomic E-state index is 4.28. The van der Waals surface area contributed by atoms with Crippen LogP contribution in [-0.4, -0.2) is 20.6 Å². The van der Waals surface area contributed by atoms with Gasteiger partial charge in [0.2, 0.25) is 0 Å². The second-order valence-corrected chi connectivity index (χ2v) is 4.24. The van der Waals surface area contributed by atoms with E-state index in [1.807, 2.05) is 12.1 Å². The lowest BCUT2D eigenvalue weighted by Gasteiger charge is -2.02. The van der Waals surface area contributed by atoms with Gasteiger partial charge >= 0.3 is 0 Å². The molecule has 0 fully saturated rings. The fraction of sp³-hybridized carbons (Fsp3) is 0.333. The number of benzene rings is 1. The fourth-order valence-corrected chi connectivity index (χ4v) is 2.14. The lowest BCUT2D eigenvalue weighted by atomic mass is 10.2. The van der Waals surface area contributed by atoms with Crippen LogP contribution in [0.25, 0.3) is 11.0 Å². The standard InChI is InChI=1S/C9H10BrN3S/c10-4-5-11-6-7-2-1-3-8-9(7)13-14-12-8/h1-3,11H,4-6H2. The summed E-state index contributed by atoms with van der Waals surface area (Å²) in [5.41, 5.74) is 3.24. The molecule has 0 amide bonds. The zero-order valence-corrected chi connectivity index (χ0v) is 9.94. The van der Waals surface area contributed by atoms with Gasteiger partial charge in [-0.15, -0.1) is 0 Å². The minimum atomic E-state index is 0.856. The van der Waals surface area contributed by atoms with Crippen LogP contribution in [0.2, 0.25) is 0 Å². The van der Waals surface area contributed by atoms with E-state index >= 15 is 0 Å². The highest BCUT2D eigenvalue weighted by molar-refractivity contribution is 9.09. The van der Waals surface area contributed by atoms with Crippen molar-refractivity contribution in [2.24, 2.45) is 0 Å². The van der Waals surface area contributed by atoms with Gasteiger partial charge in [-0.05, 0) is 11.6 Å². The predicted octanol–water partition coefficient (Wildman–Crippen LogP) is 2.18. The van der Waals surface area contributed by atoms with Gasteiger partial charge in [0, 0.05) is 18.4 Å². The molecule has 0 bridgehead atoms. The van der Waals surface area contributed by atoms with Crippen molar-refractivity contribution in [3.05, 3.63) is 23.8 Å². The smallest absolute Gasteiger partial charge is 0.109 e. The molecule has 0 aliphatic rings. The van der Waals surface area contributed by atoms with Crippen molar-refractivity contribution in [3.63, 3.8) is 0 Å². The summed E-state index contributed by atoms with van der Waals surface area (Å²) in [6.07, 6.45) is 0. The molecule has 0 aliphatic heterocycles. The first kappa shape index (κ1) is 10.0. The van der Waals surface area contributed by atoms with Crippen LogP contribution in [-0.2, 0) is 6.54 Å². The molecule has 5 heteroatoms. The van der Waals surface area contributed by atoms with E-state index in [1.165, 1.54) is 17.3 Å². The third-order valence-corrected chi connectivity index (χ3v) is 2.90. The van der Waals surface area contributed by atoms with Gasteiger partial charge < -0.3 is 5.32 Å². The lowest BCUT2D eigenvalue weighted by Crippen LogP contribution is -2.15. The Kier molecular flexibility index (Phi) is 3.44. The quantitative estimate of drug-likeness (QED) is 0.684. The van der Waals surface area contributed by atoms with Gasteiger partial charge in [-0.25, -0.2) is 0 Å². The highest BCUT2D eigenvalue weighted by atomic mass is 79.9. The van der Waals surface area contributed by atoms with E-state index in [2.05, 4.69) is 36.1 Å². The van der Waals surface area contributed by atoms with E-state index in [9.17, 15) is 0 Å². The first-order valence-corrected chi connectivity index (χ1v) is 6.24. The Morgan fingerprint density at radius 3 is 3.14 bits per heavy atom. The number of alkyl halides is 1. The van der Waals surface area contributed by atoms with Crippen molar-refractivity contribution in [2.45, 2.75) is 6.54 Å². The van der Waals surface area contributed by atoms with Crippen molar-refractivity contribution in [2.75, 3.05) is 11.9 Å². The van der Waals surface area contributed by atoms with Crippen molar-refractivity contribution in [1.29, 1.82) is 0 Å². The molecule has 74 valence electrons. The summed E-state index contributed by atoms with van der Waals surface area (Å²) in [7, 11) is 0. The average molecular weight is 272 g/mol. The highest BCUT2D eigenvalue weighted by Gasteiger charge is 2.03. The van der Waals surface area contributed by atoms with E-state index < -0.39 is 0 Å². The molecule has 0 atom stereocenters. The van der Waals surface area contributed by atoms with E-state index in [0.717, 1.165) is 29.5 Å². The van der Waals surface area contributed by atoms with Gasteiger partial charge in [0.15, 0.2) is 0 Å². The summed E-state index contributed by atoms with van der Waals surface area (Å²) >= 11 is 4.65. The number of aromatic nitrogens is 2. The number of halogens is 1. The summed E-state index contributed by atoms with van der Waals surface area (Å²) in [6.45, 7) is 1.82. The van der Waals surface area contributed by atoms with Crippen LogP contribution < -0.4 is 5.32 Å². The van der Waals surface area contributed by atoms with Gasteiger partial charge in [0.1, 0.15) is 11.0 Å². The maximum atomic E-state index is 4.28. The largest absolute Gasteiger partial charge is 0.312 e. The first-order valence-electron chi connectivity index (χ1n) is 4.38. The number of rotatable bonds is 4. The topological polar surface area (TPSA) is 37.8 Å². The van der Waals surface area contributed by atoms with Gasteiger partial charge in [0.25, 0.3) is 0 Å². The summed E-state index contributed by atoms with van der Waals surface area (Å²) in [5, 5.41) is 4.29. The molecule has 1 aromatic carbocycles. The molecular weight excluding hydrogens is 262 g/mol. The van der Waals surface area contributed by atoms with Gasteiger partial charge in [-0.2, -0.15) is 8.75 Å². The molecule has 3 nitrogen and oxygen atoms in total. The number of fused-ring (bicyclic) bond motifs is 1. The van der Waals surface area contributed by atoms with Crippen molar-refractivity contribution < 1.29 is 0 Å². The second kappa shape index (κ2) is 4.82. The fourth-order valence-electron chi connectivity index (χ4n) is 1.29.